The van der Waals surface area contributed by atoms with E-state index in [9.17, 15) is 14.5 Å². The second kappa shape index (κ2) is 6.97. The Bertz CT molecular complexity index is 743. The molecule has 2 aromatic rings. The summed E-state index contributed by atoms with van der Waals surface area (Å²) < 4.78 is 13.3. The van der Waals surface area contributed by atoms with E-state index in [1.807, 2.05) is 4.90 Å². The molecule has 0 aliphatic carbocycles. The monoisotopic (exact) mass is 329 g/mol. The summed E-state index contributed by atoms with van der Waals surface area (Å²) in [5.74, 6) is -0.580. The number of aryl methyl sites for hydroxylation is 1. The first-order chi connectivity index (χ1) is 11.5. The highest BCUT2D eigenvalue weighted by molar-refractivity contribution is 5.63. The minimum absolute atomic E-state index is 0.165. The highest BCUT2D eigenvalue weighted by Crippen LogP contribution is 2.29. The summed E-state index contributed by atoms with van der Waals surface area (Å²) in [4.78, 5) is 14.9. The van der Waals surface area contributed by atoms with Crippen LogP contribution in [0, 0.1) is 22.9 Å². The van der Waals surface area contributed by atoms with E-state index in [2.05, 4.69) is 36.1 Å². The van der Waals surface area contributed by atoms with Gasteiger partial charge in [-0.05, 0) is 24.6 Å². The van der Waals surface area contributed by atoms with Crippen molar-refractivity contribution in [3.05, 3.63) is 69.5 Å². The summed E-state index contributed by atoms with van der Waals surface area (Å²) in [6, 6.07) is 12.2. The standard InChI is InChI=1S/C18H20FN3O2/c1-14-3-2-4-15(11-14)13-20-7-9-21(10-8-20)17-6-5-16(19)12-18(17)22(23)24/h2-6,11-12H,7-10,13H2,1H3. The molecule has 0 bridgehead atoms. The fourth-order valence-electron chi connectivity index (χ4n) is 3.13. The minimum atomic E-state index is -0.580. The first-order valence-electron chi connectivity index (χ1n) is 8.00. The van der Waals surface area contributed by atoms with Crippen LogP contribution in [0.2, 0.25) is 0 Å². The lowest BCUT2D eigenvalue weighted by Gasteiger charge is -2.35. The Kier molecular flexibility index (Phi) is 4.76. The average Bonchev–Trinajstić information content (AvgIpc) is 2.56. The Balaban J connectivity index is 1.66. The van der Waals surface area contributed by atoms with E-state index in [4.69, 9.17) is 0 Å². The Hall–Kier alpha value is -2.47. The Morgan fingerprint density at radius 3 is 2.54 bits per heavy atom. The Morgan fingerprint density at radius 1 is 1.12 bits per heavy atom. The summed E-state index contributed by atoms with van der Waals surface area (Å²) in [5, 5.41) is 11.2. The summed E-state index contributed by atoms with van der Waals surface area (Å²) in [6.45, 7) is 5.98. The largest absolute Gasteiger partial charge is 0.363 e. The second-order valence-corrected chi connectivity index (χ2v) is 6.14. The maximum atomic E-state index is 13.3. The van der Waals surface area contributed by atoms with Crippen LogP contribution in [-0.2, 0) is 6.54 Å². The third-order valence-electron chi connectivity index (χ3n) is 4.34. The maximum Gasteiger partial charge on any atom is 0.295 e. The zero-order valence-corrected chi connectivity index (χ0v) is 13.6. The van der Waals surface area contributed by atoms with Gasteiger partial charge in [0.05, 0.1) is 11.0 Å². The molecule has 0 amide bonds. The van der Waals surface area contributed by atoms with Gasteiger partial charge in [-0.15, -0.1) is 0 Å². The molecule has 6 heteroatoms. The number of nitro groups is 1. The molecule has 0 saturated carbocycles. The summed E-state index contributed by atoms with van der Waals surface area (Å²) in [6.07, 6.45) is 0. The van der Waals surface area contributed by atoms with Crippen LogP contribution in [0.1, 0.15) is 11.1 Å². The van der Waals surface area contributed by atoms with Gasteiger partial charge in [0.25, 0.3) is 5.69 Å². The van der Waals surface area contributed by atoms with Crippen molar-refractivity contribution in [1.82, 2.24) is 4.90 Å². The molecule has 0 N–H and O–H groups in total. The first kappa shape index (κ1) is 16.4. The van der Waals surface area contributed by atoms with E-state index in [-0.39, 0.29) is 5.69 Å². The lowest BCUT2D eigenvalue weighted by atomic mass is 10.1. The van der Waals surface area contributed by atoms with Gasteiger partial charge in [-0.2, -0.15) is 0 Å². The highest BCUT2D eigenvalue weighted by atomic mass is 19.1. The summed E-state index contributed by atoms with van der Waals surface area (Å²) in [7, 11) is 0. The summed E-state index contributed by atoms with van der Waals surface area (Å²) in [5.41, 5.74) is 2.85. The van der Waals surface area contributed by atoms with Gasteiger partial charge in [0.1, 0.15) is 11.5 Å². The first-order valence-corrected chi connectivity index (χ1v) is 8.00. The number of hydrogen-bond acceptors (Lipinski definition) is 4. The van der Waals surface area contributed by atoms with Gasteiger partial charge in [-0.3, -0.25) is 15.0 Å². The molecule has 5 nitrogen and oxygen atoms in total. The van der Waals surface area contributed by atoms with Gasteiger partial charge in [-0.25, -0.2) is 4.39 Å². The number of hydrogen-bond donors (Lipinski definition) is 0. The molecule has 24 heavy (non-hydrogen) atoms. The van der Waals surface area contributed by atoms with Crippen LogP contribution >= 0.6 is 0 Å². The lowest BCUT2D eigenvalue weighted by Crippen LogP contribution is -2.46. The van der Waals surface area contributed by atoms with Crippen molar-refractivity contribution in [2.24, 2.45) is 0 Å². The van der Waals surface area contributed by atoms with Gasteiger partial charge < -0.3 is 4.90 Å². The minimum Gasteiger partial charge on any atom is -0.363 e. The molecule has 0 spiro atoms. The molecule has 3 rings (SSSR count). The topological polar surface area (TPSA) is 49.6 Å². The van der Waals surface area contributed by atoms with Gasteiger partial charge in [0.15, 0.2) is 0 Å². The average molecular weight is 329 g/mol. The fraction of sp³-hybridized carbons (Fsp3) is 0.333. The van der Waals surface area contributed by atoms with Crippen LogP contribution in [0.25, 0.3) is 0 Å². The molecule has 1 saturated heterocycles. The van der Waals surface area contributed by atoms with Crippen LogP contribution in [-0.4, -0.2) is 36.0 Å². The van der Waals surface area contributed by atoms with Crippen molar-refractivity contribution < 1.29 is 9.31 Å². The predicted molar refractivity (Wildman–Crippen MR) is 91.7 cm³/mol. The lowest BCUT2D eigenvalue weighted by molar-refractivity contribution is -0.384. The zero-order valence-electron chi connectivity index (χ0n) is 13.6. The number of piperazine rings is 1. The molecule has 0 aromatic heterocycles. The molecule has 1 aliphatic rings. The van der Waals surface area contributed by atoms with Gasteiger partial charge in [-0.1, -0.05) is 29.8 Å². The van der Waals surface area contributed by atoms with E-state index >= 15 is 0 Å². The third-order valence-corrected chi connectivity index (χ3v) is 4.34. The maximum absolute atomic E-state index is 13.3. The molecule has 0 atom stereocenters. The molecule has 126 valence electrons. The van der Waals surface area contributed by atoms with Crippen LogP contribution in [0.4, 0.5) is 15.8 Å². The fourth-order valence-corrected chi connectivity index (χ4v) is 3.13. The van der Waals surface area contributed by atoms with Crippen molar-refractivity contribution in [2.45, 2.75) is 13.5 Å². The normalized spacial score (nSPS) is 15.5. The van der Waals surface area contributed by atoms with E-state index in [1.54, 1.807) is 0 Å². The van der Waals surface area contributed by atoms with Crippen molar-refractivity contribution in [3.63, 3.8) is 0 Å². The molecule has 1 fully saturated rings. The van der Waals surface area contributed by atoms with Gasteiger partial charge >= 0.3 is 0 Å². The smallest absolute Gasteiger partial charge is 0.295 e. The van der Waals surface area contributed by atoms with Gasteiger partial charge in [0, 0.05) is 32.7 Å². The van der Waals surface area contributed by atoms with Crippen molar-refractivity contribution in [1.29, 1.82) is 0 Å². The Labute approximate surface area is 140 Å². The molecular formula is C18H20FN3O2. The molecule has 2 aromatic carbocycles. The van der Waals surface area contributed by atoms with Crippen molar-refractivity contribution in [3.8, 4) is 0 Å². The number of anilines is 1. The Morgan fingerprint density at radius 2 is 1.88 bits per heavy atom. The molecule has 1 heterocycles. The van der Waals surface area contributed by atoms with Gasteiger partial charge in [0.2, 0.25) is 0 Å². The molecular weight excluding hydrogens is 309 g/mol. The van der Waals surface area contributed by atoms with Crippen molar-refractivity contribution in [2.75, 3.05) is 31.1 Å². The zero-order chi connectivity index (χ0) is 17.1. The number of nitro benzene ring substituents is 1. The van der Waals surface area contributed by atoms with Crippen LogP contribution in [0.5, 0.6) is 0 Å². The van der Waals surface area contributed by atoms with Crippen LogP contribution in [0.15, 0.2) is 42.5 Å². The molecule has 1 aliphatic heterocycles. The SMILES string of the molecule is Cc1cccc(CN2CCN(c3ccc(F)cc3[N+](=O)[O-])CC2)c1. The highest BCUT2D eigenvalue weighted by Gasteiger charge is 2.24. The quantitative estimate of drug-likeness (QED) is 0.637. The number of benzene rings is 2. The number of rotatable bonds is 4. The van der Waals surface area contributed by atoms with Crippen molar-refractivity contribution >= 4 is 11.4 Å². The van der Waals surface area contributed by atoms with E-state index < -0.39 is 10.7 Å². The van der Waals surface area contributed by atoms with Crippen LogP contribution < -0.4 is 4.90 Å². The molecule has 0 radical (unpaired) electrons. The third kappa shape index (κ3) is 3.71. The predicted octanol–water partition coefficient (Wildman–Crippen LogP) is 3.36. The van der Waals surface area contributed by atoms with Crippen LogP contribution in [0.3, 0.4) is 0 Å². The second-order valence-electron chi connectivity index (χ2n) is 6.14. The molecule has 0 unspecified atom stereocenters. The van der Waals surface area contributed by atoms with E-state index in [0.29, 0.717) is 18.8 Å². The number of halogens is 1. The summed E-state index contributed by atoms with van der Waals surface area (Å²) >= 11 is 0. The number of nitrogens with zero attached hydrogens (tertiary/aromatic N) is 3. The van der Waals surface area contributed by atoms with E-state index in [1.165, 1.54) is 23.3 Å². The van der Waals surface area contributed by atoms with E-state index in [0.717, 1.165) is 25.7 Å².